The highest BCUT2D eigenvalue weighted by atomic mass is 19.2. The van der Waals surface area contributed by atoms with Gasteiger partial charge in [0.15, 0.2) is 17.4 Å². The number of nitrogens with one attached hydrogen (secondary N) is 1. The van der Waals surface area contributed by atoms with Gasteiger partial charge in [0.25, 0.3) is 5.91 Å². The molecule has 150 valence electrons. The topological polar surface area (TPSA) is 61.6 Å². The molecule has 1 N–H and O–H groups in total. The van der Waals surface area contributed by atoms with Crippen molar-refractivity contribution in [2.24, 2.45) is 0 Å². The fourth-order valence-electron chi connectivity index (χ4n) is 3.27. The molecule has 3 aromatic rings. The molecule has 0 aliphatic carbocycles. The number of hydrogen-bond donors (Lipinski definition) is 1. The van der Waals surface area contributed by atoms with Crippen LogP contribution in [0.4, 0.5) is 20.2 Å². The zero-order valence-electron chi connectivity index (χ0n) is 15.9. The molecule has 0 unspecified atom stereocenters. The Morgan fingerprint density at radius 2 is 1.76 bits per heavy atom. The first-order valence-corrected chi connectivity index (χ1v) is 9.26. The van der Waals surface area contributed by atoms with Gasteiger partial charge in [-0.25, -0.2) is 8.78 Å². The van der Waals surface area contributed by atoms with Crippen molar-refractivity contribution < 1.29 is 18.1 Å². The first kappa shape index (κ1) is 19.1. The molecular weight excluding hydrogens is 378 g/mol. The molecule has 1 fully saturated rings. The Balaban J connectivity index is 1.47. The predicted molar refractivity (Wildman–Crippen MR) is 106 cm³/mol. The number of aromatic nitrogens is 1. The lowest BCUT2D eigenvalue weighted by Gasteiger charge is -2.34. The highest BCUT2D eigenvalue weighted by Crippen LogP contribution is 2.26. The van der Waals surface area contributed by atoms with Gasteiger partial charge in [0, 0.05) is 43.1 Å². The summed E-state index contributed by atoms with van der Waals surface area (Å²) in [6.45, 7) is 3.94. The maximum Gasteiger partial charge on any atom is 0.261 e. The van der Waals surface area contributed by atoms with Gasteiger partial charge in [-0.05, 0) is 49.5 Å². The Labute approximate surface area is 166 Å². The summed E-state index contributed by atoms with van der Waals surface area (Å²) in [7, 11) is 2.11. The highest BCUT2D eigenvalue weighted by Gasteiger charge is 2.20. The van der Waals surface area contributed by atoms with Crippen molar-refractivity contribution in [2.75, 3.05) is 43.4 Å². The normalized spacial score (nSPS) is 14.8. The van der Waals surface area contributed by atoms with Crippen molar-refractivity contribution >= 4 is 17.3 Å². The summed E-state index contributed by atoms with van der Waals surface area (Å²) in [5, 5.41) is 6.42. The first-order chi connectivity index (χ1) is 14.0. The predicted octanol–water partition coefficient (Wildman–Crippen LogP) is 3.62. The van der Waals surface area contributed by atoms with Crippen molar-refractivity contribution in [3.05, 3.63) is 65.9 Å². The monoisotopic (exact) mass is 398 g/mol. The van der Waals surface area contributed by atoms with E-state index in [0.717, 1.165) is 44.0 Å². The number of amides is 1. The number of hydrogen-bond acceptors (Lipinski definition) is 5. The van der Waals surface area contributed by atoms with Crippen LogP contribution >= 0.6 is 0 Å². The van der Waals surface area contributed by atoms with Crippen LogP contribution in [0.1, 0.15) is 10.4 Å². The Hall–Kier alpha value is -3.26. The van der Waals surface area contributed by atoms with Gasteiger partial charge < -0.3 is 19.6 Å². The van der Waals surface area contributed by atoms with Gasteiger partial charge in [0.2, 0.25) is 0 Å². The fourth-order valence-corrected chi connectivity index (χ4v) is 3.27. The molecule has 4 rings (SSSR count). The standard InChI is InChI=1S/C21H20F2N4O2/c1-26-8-10-27(11-9-26)16-5-3-15(4-6-16)25-21(28)17-13-24-29-20(17)14-2-7-18(22)19(23)12-14/h2-7,12-13H,8-11H2,1H3,(H,25,28). The van der Waals surface area contributed by atoms with Gasteiger partial charge in [0.1, 0.15) is 5.56 Å². The van der Waals surface area contributed by atoms with Crippen LogP contribution in [0, 0.1) is 11.6 Å². The summed E-state index contributed by atoms with van der Waals surface area (Å²) in [4.78, 5) is 17.2. The number of carbonyl (C=O) groups is 1. The summed E-state index contributed by atoms with van der Waals surface area (Å²) in [5.41, 5.74) is 2.09. The molecular formula is C21H20F2N4O2. The van der Waals surface area contributed by atoms with E-state index in [2.05, 4.69) is 27.3 Å². The average molecular weight is 398 g/mol. The third kappa shape index (κ3) is 4.12. The van der Waals surface area contributed by atoms with Gasteiger partial charge in [-0.2, -0.15) is 0 Å². The molecule has 1 aliphatic rings. The molecule has 0 radical (unpaired) electrons. The lowest BCUT2D eigenvalue weighted by Crippen LogP contribution is -2.44. The fraction of sp³-hybridized carbons (Fsp3) is 0.238. The Morgan fingerprint density at radius 1 is 1.03 bits per heavy atom. The Bertz CT molecular complexity index is 1010. The van der Waals surface area contributed by atoms with E-state index in [-0.39, 0.29) is 16.9 Å². The van der Waals surface area contributed by atoms with Crippen LogP contribution in [-0.4, -0.2) is 49.2 Å². The second-order valence-electron chi connectivity index (χ2n) is 6.99. The molecule has 1 aromatic heterocycles. The lowest BCUT2D eigenvalue weighted by molar-refractivity contribution is 0.102. The van der Waals surface area contributed by atoms with E-state index in [1.165, 1.54) is 12.3 Å². The number of nitrogens with zero attached hydrogens (tertiary/aromatic N) is 3. The number of benzene rings is 2. The molecule has 0 spiro atoms. The van der Waals surface area contributed by atoms with Crippen LogP contribution in [0.25, 0.3) is 11.3 Å². The summed E-state index contributed by atoms with van der Waals surface area (Å²) in [5.74, 6) is -2.36. The van der Waals surface area contributed by atoms with Crippen molar-refractivity contribution in [1.29, 1.82) is 0 Å². The third-order valence-electron chi connectivity index (χ3n) is 4.99. The minimum atomic E-state index is -1.02. The van der Waals surface area contributed by atoms with E-state index in [1.807, 2.05) is 24.3 Å². The van der Waals surface area contributed by atoms with Crippen LogP contribution in [0.5, 0.6) is 0 Å². The third-order valence-corrected chi connectivity index (χ3v) is 4.99. The number of halogens is 2. The van der Waals surface area contributed by atoms with Gasteiger partial charge in [-0.1, -0.05) is 5.16 Å². The summed E-state index contributed by atoms with van der Waals surface area (Å²) in [6.07, 6.45) is 1.25. The number of carbonyl (C=O) groups excluding carboxylic acids is 1. The maximum absolute atomic E-state index is 13.5. The zero-order valence-corrected chi connectivity index (χ0v) is 15.9. The van der Waals surface area contributed by atoms with Crippen LogP contribution in [0.3, 0.4) is 0 Å². The minimum absolute atomic E-state index is 0.0791. The Morgan fingerprint density at radius 3 is 2.45 bits per heavy atom. The van der Waals surface area contributed by atoms with Crippen molar-refractivity contribution in [3.63, 3.8) is 0 Å². The summed E-state index contributed by atoms with van der Waals surface area (Å²) < 4.78 is 31.8. The van der Waals surface area contributed by atoms with E-state index in [4.69, 9.17) is 4.52 Å². The average Bonchev–Trinajstić information content (AvgIpc) is 3.21. The summed E-state index contributed by atoms with van der Waals surface area (Å²) >= 11 is 0. The smallest absolute Gasteiger partial charge is 0.261 e. The Kier molecular flexibility index (Phi) is 5.26. The van der Waals surface area contributed by atoms with Gasteiger partial charge in [-0.15, -0.1) is 0 Å². The SMILES string of the molecule is CN1CCN(c2ccc(NC(=O)c3cnoc3-c3ccc(F)c(F)c3)cc2)CC1. The van der Waals surface area contributed by atoms with Crippen LogP contribution in [0.15, 0.2) is 53.2 Å². The van der Waals surface area contributed by atoms with Gasteiger partial charge in [-0.3, -0.25) is 4.79 Å². The largest absolute Gasteiger partial charge is 0.369 e. The quantitative estimate of drug-likeness (QED) is 0.727. The molecule has 0 saturated carbocycles. The highest BCUT2D eigenvalue weighted by molar-refractivity contribution is 6.07. The number of piperazine rings is 1. The lowest BCUT2D eigenvalue weighted by atomic mass is 10.1. The number of anilines is 2. The molecule has 0 atom stereocenters. The van der Waals surface area contributed by atoms with Crippen LogP contribution < -0.4 is 10.2 Å². The zero-order chi connectivity index (χ0) is 20.4. The van der Waals surface area contributed by atoms with E-state index in [9.17, 15) is 13.6 Å². The molecule has 8 heteroatoms. The molecule has 2 aromatic carbocycles. The van der Waals surface area contributed by atoms with Gasteiger partial charge in [0.05, 0.1) is 6.20 Å². The molecule has 1 saturated heterocycles. The molecule has 1 aliphatic heterocycles. The minimum Gasteiger partial charge on any atom is -0.369 e. The molecule has 0 bridgehead atoms. The molecule has 6 nitrogen and oxygen atoms in total. The van der Waals surface area contributed by atoms with Crippen LogP contribution in [-0.2, 0) is 0 Å². The molecule has 1 amide bonds. The number of rotatable bonds is 4. The van der Waals surface area contributed by atoms with E-state index in [1.54, 1.807) is 0 Å². The first-order valence-electron chi connectivity index (χ1n) is 9.26. The van der Waals surface area contributed by atoms with E-state index >= 15 is 0 Å². The van der Waals surface area contributed by atoms with E-state index in [0.29, 0.717) is 5.69 Å². The van der Waals surface area contributed by atoms with Crippen molar-refractivity contribution in [3.8, 4) is 11.3 Å². The van der Waals surface area contributed by atoms with Crippen molar-refractivity contribution in [1.82, 2.24) is 10.1 Å². The second kappa shape index (κ2) is 8.00. The van der Waals surface area contributed by atoms with E-state index < -0.39 is 17.5 Å². The summed E-state index contributed by atoms with van der Waals surface area (Å²) in [6, 6.07) is 10.9. The van der Waals surface area contributed by atoms with Crippen LogP contribution in [0.2, 0.25) is 0 Å². The molecule has 29 heavy (non-hydrogen) atoms. The second-order valence-corrected chi connectivity index (χ2v) is 6.99. The van der Waals surface area contributed by atoms with Gasteiger partial charge >= 0.3 is 0 Å². The number of likely N-dealkylation sites (N-methyl/N-ethyl adjacent to an activating group) is 1. The maximum atomic E-state index is 13.5. The van der Waals surface area contributed by atoms with Crippen molar-refractivity contribution in [2.45, 2.75) is 0 Å². The molecule has 2 heterocycles.